The summed E-state index contributed by atoms with van der Waals surface area (Å²) in [7, 11) is 0. The molecule has 0 aliphatic carbocycles. The average Bonchev–Trinajstić information content (AvgIpc) is 2.63. The molecular formula is C19H21ClN2O. The Labute approximate surface area is 142 Å². The molecule has 0 amide bonds. The smallest absolute Gasteiger partial charge is 0.0653 e. The minimum absolute atomic E-state index is 0.827. The van der Waals surface area contributed by atoms with Crippen molar-refractivity contribution in [3.8, 4) is 0 Å². The number of morpholine rings is 1. The van der Waals surface area contributed by atoms with E-state index >= 15 is 0 Å². The van der Waals surface area contributed by atoms with Crippen molar-refractivity contribution < 1.29 is 4.74 Å². The van der Waals surface area contributed by atoms with Gasteiger partial charge in [0, 0.05) is 31.4 Å². The summed E-state index contributed by atoms with van der Waals surface area (Å²) < 4.78 is 7.08. The van der Waals surface area contributed by atoms with Gasteiger partial charge < -0.3 is 4.74 Å². The number of halogens is 1. The summed E-state index contributed by atoms with van der Waals surface area (Å²) in [6.45, 7) is 4.59. The van der Waals surface area contributed by atoms with E-state index in [1.807, 2.05) is 48.5 Å². The van der Waals surface area contributed by atoms with E-state index in [4.69, 9.17) is 16.5 Å². The highest BCUT2D eigenvalue weighted by atomic mass is 35.5. The molecule has 0 bridgehead atoms. The molecule has 2 aromatic carbocycles. The van der Waals surface area contributed by atoms with Crippen molar-refractivity contribution >= 4 is 29.2 Å². The third-order valence-corrected chi connectivity index (χ3v) is 4.27. The van der Waals surface area contributed by atoms with E-state index in [1.54, 1.807) is 4.42 Å². The van der Waals surface area contributed by atoms with Gasteiger partial charge in [0.1, 0.15) is 0 Å². The largest absolute Gasteiger partial charge is 0.379 e. The fraction of sp³-hybridized carbons (Fsp3) is 0.263. The van der Waals surface area contributed by atoms with Crippen LogP contribution < -0.4 is 4.42 Å². The van der Waals surface area contributed by atoms with E-state index in [0.29, 0.717) is 0 Å². The van der Waals surface area contributed by atoms with Crippen LogP contribution in [0.4, 0.5) is 11.4 Å². The highest BCUT2D eigenvalue weighted by Gasteiger charge is 2.10. The quantitative estimate of drug-likeness (QED) is 0.760. The van der Waals surface area contributed by atoms with Crippen LogP contribution >= 0.6 is 11.8 Å². The van der Waals surface area contributed by atoms with Gasteiger partial charge in [-0.25, -0.2) is 0 Å². The highest BCUT2D eigenvalue weighted by molar-refractivity contribution is 6.29. The Morgan fingerprint density at radius 2 is 1.70 bits per heavy atom. The Kier molecular flexibility index (Phi) is 5.70. The van der Waals surface area contributed by atoms with Gasteiger partial charge in [-0.05, 0) is 23.8 Å². The molecule has 0 aromatic heterocycles. The molecule has 1 aliphatic heterocycles. The second-order valence-electron chi connectivity index (χ2n) is 5.49. The van der Waals surface area contributed by atoms with E-state index in [0.717, 1.165) is 49.8 Å². The van der Waals surface area contributed by atoms with Crippen molar-refractivity contribution in [1.29, 1.82) is 0 Å². The minimum atomic E-state index is 0.827. The third kappa shape index (κ3) is 4.35. The van der Waals surface area contributed by atoms with Gasteiger partial charge in [0.2, 0.25) is 0 Å². The van der Waals surface area contributed by atoms with Gasteiger partial charge in [0.05, 0.1) is 24.6 Å². The molecule has 1 aliphatic rings. The zero-order chi connectivity index (χ0) is 15.9. The molecule has 0 radical (unpaired) electrons. The number of hydrogen-bond acceptors (Lipinski definition) is 3. The van der Waals surface area contributed by atoms with Gasteiger partial charge in [-0.3, -0.25) is 9.32 Å². The van der Waals surface area contributed by atoms with Crippen LogP contribution in [0.5, 0.6) is 0 Å². The molecule has 23 heavy (non-hydrogen) atoms. The summed E-state index contributed by atoms with van der Waals surface area (Å²) >= 11 is 6.54. The van der Waals surface area contributed by atoms with Crippen LogP contribution in [0.3, 0.4) is 0 Å². The van der Waals surface area contributed by atoms with Gasteiger partial charge in [-0.1, -0.05) is 48.6 Å². The Morgan fingerprint density at radius 1 is 1.00 bits per heavy atom. The molecule has 0 saturated carbocycles. The first kappa shape index (κ1) is 16.1. The second kappa shape index (κ2) is 8.16. The normalized spacial score (nSPS) is 15.9. The van der Waals surface area contributed by atoms with Crippen LogP contribution in [0.2, 0.25) is 0 Å². The maximum absolute atomic E-state index is 6.54. The summed E-state index contributed by atoms with van der Waals surface area (Å²) in [5.41, 5.74) is 3.06. The maximum Gasteiger partial charge on any atom is 0.0653 e. The fourth-order valence-corrected chi connectivity index (χ4v) is 2.88. The molecule has 0 N–H and O–H groups in total. The first-order chi connectivity index (χ1) is 11.3. The van der Waals surface area contributed by atoms with Gasteiger partial charge in [0.15, 0.2) is 0 Å². The van der Waals surface area contributed by atoms with Crippen LogP contribution in [-0.4, -0.2) is 37.7 Å². The van der Waals surface area contributed by atoms with Crippen molar-refractivity contribution in [3.05, 3.63) is 66.2 Å². The predicted molar refractivity (Wildman–Crippen MR) is 97.2 cm³/mol. The molecule has 1 saturated heterocycles. The topological polar surface area (TPSA) is 15.7 Å². The molecule has 120 valence electrons. The summed E-state index contributed by atoms with van der Waals surface area (Å²) in [6.07, 6.45) is 4.34. The molecule has 3 nitrogen and oxygen atoms in total. The zero-order valence-electron chi connectivity index (χ0n) is 13.1. The van der Waals surface area contributed by atoms with Crippen molar-refractivity contribution in [2.75, 3.05) is 37.3 Å². The third-order valence-electron chi connectivity index (χ3n) is 3.90. The monoisotopic (exact) mass is 328 g/mol. The summed E-state index contributed by atoms with van der Waals surface area (Å²) in [4.78, 5) is 2.39. The SMILES string of the molecule is ClN(c1ccccc1)c1ccccc1/C=C/CN1CCOCC1. The number of rotatable bonds is 5. The second-order valence-corrected chi connectivity index (χ2v) is 5.83. The first-order valence-electron chi connectivity index (χ1n) is 7.91. The Balaban J connectivity index is 1.72. The first-order valence-corrected chi connectivity index (χ1v) is 8.25. The Morgan fingerprint density at radius 3 is 2.48 bits per heavy atom. The summed E-state index contributed by atoms with van der Waals surface area (Å²) in [5, 5.41) is 0. The molecule has 0 unspecified atom stereocenters. The number of para-hydroxylation sites is 2. The van der Waals surface area contributed by atoms with Gasteiger partial charge in [-0.2, -0.15) is 0 Å². The van der Waals surface area contributed by atoms with E-state index in [2.05, 4.69) is 23.1 Å². The van der Waals surface area contributed by atoms with E-state index < -0.39 is 0 Å². The van der Waals surface area contributed by atoms with Crippen LogP contribution in [0.15, 0.2) is 60.7 Å². The lowest BCUT2D eigenvalue weighted by Gasteiger charge is -2.25. The molecule has 0 atom stereocenters. The van der Waals surface area contributed by atoms with Crippen LogP contribution in [0.1, 0.15) is 5.56 Å². The van der Waals surface area contributed by atoms with E-state index in [-0.39, 0.29) is 0 Å². The predicted octanol–water partition coefficient (Wildman–Crippen LogP) is 4.32. The minimum Gasteiger partial charge on any atom is -0.379 e. The van der Waals surface area contributed by atoms with E-state index in [9.17, 15) is 0 Å². The molecule has 3 rings (SSSR count). The number of nitrogens with zero attached hydrogens (tertiary/aromatic N) is 2. The zero-order valence-corrected chi connectivity index (χ0v) is 13.8. The fourth-order valence-electron chi connectivity index (χ4n) is 2.62. The van der Waals surface area contributed by atoms with Crippen LogP contribution in [-0.2, 0) is 4.74 Å². The molecular weight excluding hydrogens is 308 g/mol. The lowest BCUT2D eigenvalue weighted by molar-refractivity contribution is 0.0435. The standard InChI is InChI=1S/C19H21ClN2O/c20-22(18-9-2-1-3-10-18)19-11-5-4-7-17(19)8-6-12-21-13-15-23-16-14-21/h1-11H,12-16H2/b8-6+. The lowest BCUT2D eigenvalue weighted by Crippen LogP contribution is -2.36. The Bertz CT molecular complexity index is 639. The number of anilines is 2. The number of hydrogen-bond donors (Lipinski definition) is 0. The van der Waals surface area contributed by atoms with Crippen molar-refractivity contribution in [1.82, 2.24) is 4.90 Å². The molecule has 1 heterocycles. The van der Waals surface area contributed by atoms with Gasteiger partial charge in [-0.15, -0.1) is 0 Å². The van der Waals surface area contributed by atoms with E-state index in [1.165, 1.54) is 0 Å². The van der Waals surface area contributed by atoms with Gasteiger partial charge in [0.25, 0.3) is 0 Å². The average molecular weight is 329 g/mol. The van der Waals surface area contributed by atoms with Crippen molar-refractivity contribution in [2.45, 2.75) is 0 Å². The molecule has 1 fully saturated rings. The lowest BCUT2D eigenvalue weighted by atomic mass is 10.1. The highest BCUT2D eigenvalue weighted by Crippen LogP contribution is 2.31. The molecule has 0 spiro atoms. The van der Waals surface area contributed by atoms with Crippen molar-refractivity contribution in [2.24, 2.45) is 0 Å². The summed E-state index contributed by atoms with van der Waals surface area (Å²) in [5.74, 6) is 0. The number of benzene rings is 2. The van der Waals surface area contributed by atoms with Crippen LogP contribution in [0, 0.1) is 0 Å². The van der Waals surface area contributed by atoms with Crippen molar-refractivity contribution in [3.63, 3.8) is 0 Å². The summed E-state index contributed by atoms with van der Waals surface area (Å²) in [6, 6.07) is 18.1. The van der Waals surface area contributed by atoms with Gasteiger partial charge >= 0.3 is 0 Å². The maximum atomic E-state index is 6.54. The molecule has 4 heteroatoms. The Hall–Kier alpha value is -1.81. The molecule has 2 aromatic rings. The number of ether oxygens (including phenoxy) is 1. The van der Waals surface area contributed by atoms with Crippen LogP contribution in [0.25, 0.3) is 6.08 Å².